The average Bonchev–Trinajstić information content (AvgIpc) is 3.01. The van der Waals surface area contributed by atoms with E-state index in [0.29, 0.717) is 11.4 Å². The van der Waals surface area contributed by atoms with Crippen molar-refractivity contribution in [3.63, 3.8) is 0 Å². The Hall–Kier alpha value is -1.60. The molecule has 7 heteroatoms. The summed E-state index contributed by atoms with van der Waals surface area (Å²) in [4.78, 5) is 11.7. The maximum Gasteiger partial charge on any atom is 0.419 e. The van der Waals surface area contributed by atoms with Gasteiger partial charge in [0, 0.05) is 19.2 Å². The highest BCUT2D eigenvalue weighted by Crippen LogP contribution is 2.65. The van der Waals surface area contributed by atoms with Gasteiger partial charge in [-0.15, -0.1) is 0 Å². The number of fused-ring (bicyclic) bond motifs is 3. The summed E-state index contributed by atoms with van der Waals surface area (Å²) >= 11 is 0. The van der Waals surface area contributed by atoms with Crippen LogP contribution in [0.3, 0.4) is 0 Å². The molecule has 1 aromatic heterocycles. The van der Waals surface area contributed by atoms with Crippen molar-refractivity contribution in [2.45, 2.75) is 51.0 Å². The van der Waals surface area contributed by atoms with Crippen molar-refractivity contribution in [2.24, 2.45) is 23.8 Å². The maximum absolute atomic E-state index is 12.9. The first kappa shape index (κ1) is 16.8. The summed E-state index contributed by atoms with van der Waals surface area (Å²) in [6.45, 7) is 6.71. The van der Waals surface area contributed by atoms with Gasteiger partial charge in [-0.2, -0.15) is 0 Å². The van der Waals surface area contributed by atoms with Crippen molar-refractivity contribution in [3.8, 4) is 0 Å². The summed E-state index contributed by atoms with van der Waals surface area (Å²) in [6.07, 6.45) is 3.10. The van der Waals surface area contributed by atoms with E-state index in [4.69, 9.17) is 4.42 Å². The highest BCUT2D eigenvalue weighted by Gasteiger charge is 2.61. The first-order chi connectivity index (χ1) is 11.6. The molecule has 3 unspecified atom stereocenters. The van der Waals surface area contributed by atoms with Crippen LogP contribution >= 0.6 is 0 Å². The lowest BCUT2D eigenvalue weighted by molar-refractivity contribution is 0.130. The van der Waals surface area contributed by atoms with E-state index in [9.17, 15) is 13.2 Å². The van der Waals surface area contributed by atoms with Crippen LogP contribution in [0.5, 0.6) is 0 Å². The molecule has 136 valence electrons. The second-order valence-corrected chi connectivity index (χ2v) is 10.1. The standard InChI is InChI=1S/C18H24N2O4S/c1-17(2)11-7-8-18(17,3)15(9-11)19-25(22,23)12-5-6-13-14(10-12)24-16(21)20(13)4/h5-6,10-11,15,19H,7-9H2,1-4H3. The number of hydrogen-bond donors (Lipinski definition) is 1. The molecule has 4 rings (SSSR count). The summed E-state index contributed by atoms with van der Waals surface area (Å²) in [7, 11) is -2.07. The first-order valence-electron chi connectivity index (χ1n) is 8.68. The highest BCUT2D eigenvalue weighted by molar-refractivity contribution is 7.89. The molecule has 1 heterocycles. The van der Waals surface area contributed by atoms with Crippen LogP contribution in [0.4, 0.5) is 0 Å². The van der Waals surface area contributed by atoms with E-state index in [1.807, 2.05) is 0 Å². The lowest BCUT2D eigenvalue weighted by Gasteiger charge is -2.39. The SMILES string of the molecule is Cn1c(=O)oc2cc(S(=O)(=O)NC3CC4CCC3(C)C4(C)C)ccc21. The minimum absolute atomic E-state index is 0.0336. The zero-order valence-corrected chi connectivity index (χ0v) is 15.8. The fourth-order valence-corrected chi connectivity index (χ4v) is 6.29. The van der Waals surface area contributed by atoms with Crippen LogP contribution in [0.2, 0.25) is 0 Å². The molecule has 2 aliphatic carbocycles. The topological polar surface area (TPSA) is 81.3 Å². The van der Waals surface area contributed by atoms with Crippen molar-refractivity contribution in [1.29, 1.82) is 0 Å². The molecule has 2 saturated carbocycles. The Morgan fingerprint density at radius 1 is 1.28 bits per heavy atom. The Morgan fingerprint density at radius 2 is 2.00 bits per heavy atom. The molecule has 2 aromatic rings. The van der Waals surface area contributed by atoms with Crippen LogP contribution in [0.25, 0.3) is 11.1 Å². The van der Waals surface area contributed by atoms with Crippen LogP contribution in [0.1, 0.15) is 40.0 Å². The molecule has 0 spiro atoms. The van der Waals surface area contributed by atoms with Gasteiger partial charge < -0.3 is 4.42 Å². The van der Waals surface area contributed by atoms with Gasteiger partial charge >= 0.3 is 5.76 Å². The molecule has 6 nitrogen and oxygen atoms in total. The molecule has 2 fully saturated rings. The Morgan fingerprint density at radius 3 is 2.60 bits per heavy atom. The third kappa shape index (κ3) is 2.18. The molecule has 1 aromatic carbocycles. The molecule has 25 heavy (non-hydrogen) atoms. The number of sulfonamides is 1. The minimum Gasteiger partial charge on any atom is -0.408 e. The zero-order valence-electron chi connectivity index (χ0n) is 15.0. The van der Waals surface area contributed by atoms with Crippen molar-refractivity contribution < 1.29 is 12.8 Å². The first-order valence-corrected chi connectivity index (χ1v) is 10.2. The van der Waals surface area contributed by atoms with Gasteiger partial charge in [0.1, 0.15) is 0 Å². The molecule has 0 amide bonds. The number of hydrogen-bond acceptors (Lipinski definition) is 4. The van der Waals surface area contributed by atoms with Crippen LogP contribution < -0.4 is 10.5 Å². The number of benzene rings is 1. The smallest absolute Gasteiger partial charge is 0.408 e. The molecule has 0 aliphatic heterocycles. The minimum atomic E-state index is -3.67. The Kier molecular flexibility index (Phi) is 3.35. The molecule has 3 atom stereocenters. The zero-order chi connectivity index (χ0) is 18.2. The summed E-state index contributed by atoms with van der Waals surface area (Å²) in [6, 6.07) is 4.51. The molecular weight excluding hydrogens is 340 g/mol. The molecular formula is C18H24N2O4S. The second kappa shape index (κ2) is 4.98. The summed E-state index contributed by atoms with van der Waals surface area (Å²) in [5, 5.41) is 0. The fourth-order valence-electron chi connectivity index (χ4n) is 4.92. The average molecular weight is 364 g/mol. The quantitative estimate of drug-likeness (QED) is 0.908. The van der Waals surface area contributed by atoms with Gasteiger partial charge in [0.2, 0.25) is 10.0 Å². The third-order valence-corrected chi connectivity index (χ3v) is 8.63. The fraction of sp³-hybridized carbons (Fsp3) is 0.611. The van der Waals surface area contributed by atoms with Gasteiger partial charge in [0.25, 0.3) is 0 Å². The van der Waals surface area contributed by atoms with Crippen LogP contribution in [0.15, 0.2) is 32.3 Å². The Labute approximate surface area is 147 Å². The largest absolute Gasteiger partial charge is 0.419 e. The molecule has 2 aliphatic rings. The van der Waals surface area contributed by atoms with Gasteiger partial charge in [-0.25, -0.2) is 17.9 Å². The second-order valence-electron chi connectivity index (χ2n) is 8.34. The van der Waals surface area contributed by atoms with Crippen LogP contribution in [-0.2, 0) is 17.1 Å². The van der Waals surface area contributed by atoms with Crippen molar-refractivity contribution >= 4 is 21.1 Å². The van der Waals surface area contributed by atoms with E-state index in [1.54, 1.807) is 13.1 Å². The van der Waals surface area contributed by atoms with E-state index in [0.717, 1.165) is 12.8 Å². The molecule has 0 saturated heterocycles. The van der Waals surface area contributed by atoms with Gasteiger partial charge in [0.05, 0.1) is 10.4 Å². The Balaban J connectivity index is 1.68. The lowest BCUT2D eigenvalue weighted by atomic mass is 9.69. The lowest BCUT2D eigenvalue weighted by Crippen LogP contribution is -2.46. The summed E-state index contributed by atoms with van der Waals surface area (Å²) in [5.74, 6) is 0.0553. The normalized spacial score (nSPS) is 31.0. The van der Waals surface area contributed by atoms with E-state index in [2.05, 4.69) is 25.5 Å². The van der Waals surface area contributed by atoms with E-state index < -0.39 is 15.8 Å². The van der Waals surface area contributed by atoms with Gasteiger partial charge in [0.15, 0.2) is 5.58 Å². The van der Waals surface area contributed by atoms with E-state index in [-0.39, 0.29) is 27.4 Å². The number of aryl methyl sites for hydroxylation is 1. The van der Waals surface area contributed by atoms with E-state index in [1.165, 1.54) is 23.1 Å². The van der Waals surface area contributed by atoms with Gasteiger partial charge in [-0.05, 0) is 48.1 Å². The number of aromatic nitrogens is 1. The Bertz CT molecular complexity index is 1020. The number of rotatable bonds is 3. The van der Waals surface area contributed by atoms with Crippen molar-refractivity contribution in [3.05, 3.63) is 28.7 Å². The molecule has 2 bridgehead atoms. The summed E-state index contributed by atoms with van der Waals surface area (Å²) < 4.78 is 35.2. The number of nitrogens with zero attached hydrogens (tertiary/aromatic N) is 1. The molecule has 0 radical (unpaired) electrons. The van der Waals surface area contributed by atoms with Crippen LogP contribution in [0, 0.1) is 16.7 Å². The summed E-state index contributed by atoms with van der Waals surface area (Å²) in [5.41, 5.74) is 0.969. The van der Waals surface area contributed by atoms with Crippen molar-refractivity contribution in [2.75, 3.05) is 0 Å². The van der Waals surface area contributed by atoms with Crippen LogP contribution in [-0.4, -0.2) is 19.0 Å². The maximum atomic E-state index is 12.9. The van der Waals surface area contributed by atoms with Gasteiger partial charge in [-0.1, -0.05) is 20.8 Å². The predicted octanol–water partition coefficient (Wildman–Crippen LogP) is 2.62. The van der Waals surface area contributed by atoms with Crippen molar-refractivity contribution in [1.82, 2.24) is 9.29 Å². The number of nitrogens with one attached hydrogen (secondary N) is 1. The van der Waals surface area contributed by atoms with E-state index >= 15 is 0 Å². The molecule has 1 N–H and O–H groups in total. The monoisotopic (exact) mass is 364 g/mol. The predicted molar refractivity (Wildman–Crippen MR) is 94.8 cm³/mol. The third-order valence-electron chi connectivity index (χ3n) is 7.17. The highest BCUT2D eigenvalue weighted by atomic mass is 32.2. The number of oxazole rings is 1. The van der Waals surface area contributed by atoms with Gasteiger partial charge in [-0.3, -0.25) is 4.57 Å².